The summed E-state index contributed by atoms with van der Waals surface area (Å²) < 4.78 is 40.3. The van der Waals surface area contributed by atoms with Gasteiger partial charge in [-0.25, -0.2) is 12.8 Å². The van der Waals surface area contributed by atoms with Gasteiger partial charge in [0.25, 0.3) is 10.0 Å². The summed E-state index contributed by atoms with van der Waals surface area (Å²) in [5.41, 5.74) is 0.0650. The Morgan fingerprint density at radius 3 is 2.52 bits per heavy atom. The normalized spacial score (nSPS) is 11.1. The predicted octanol–water partition coefficient (Wildman–Crippen LogP) is 2.94. The molecule has 3 N–H and O–H groups in total. The molecule has 0 radical (unpaired) electrons. The first kappa shape index (κ1) is 17.0. The number of carbonyl (C=O) groups excluding carboxylic acids is 1. The van der Waals surface area contributed by atoms with E-state index in [4.69, 9.17) is 11.6 Å². The Bertz CT molecular complexity index is 871. The molecule has 0 aromatic heterocycles. The number of phenols is 1. The Hall–Kier alpha value is -2.32. The van der Waals surface area contributed by atoms with Crippen molar-refractivity contribution in [2.24, 2.45) is 0 Å². The van der Waals surface area contributed by atoms with Gasteiger partial charge in [-0.2, -0.15) is 0 Å². The number of benzene rings is 2. The van der Waals surface area contributed by atoms with Gasteiger partial charge in [-0.3, -0.25) is 9.52 Å². The third-order valence-corrected chi connectivity index (χ3v) is 4.39. The number of amides is 1. The summed E-state index contributed by atoms with van der Waals surface area (Å²) in [6, 6.07) is 6.85. The topological polar surface area (TPSA) is 95.5 Å². The minimum absolute atomic E-state index is 0.0225. The molecule has 0 aliphatic heterocycles. The van der Waals surface area contributed by atoms with Crippen molar-refractivity contribution in [3.63, 3.8) is 0 Å². The fourth-order valence-corrected chi connectivity index (χ4v) is 3.06. The van der Waals surface area contributed by atoms with E-state index >= 15 is 0 Å². The van der Waals surface area contributed by atoms with Gasteiger partial charge in [0.05, 0.1) is 11.4 Å². The fourth-order valence-electron chi connectivity index (χ4n) is 1.79. The van der Waals surface area contributed by atoms with Crippen LogP contribution in [-0.2, 0) is 14.8 Å². The molecule has 2 aromatic carbocycles. The molecule has 0 aliphatic carbocycles. The summed E-state index contributed by atoms with van der Waals surface area (Å²) in [5, 5.41) is 12.0. The predicted molar refractivity (Wildman–Crippen MR) is 84.6 cm³/mol. The van der Waals surface area contributed by atoms with Crippen LogP contribution >= 0.6 is 11.6 Å². The van der Waals surface area contributed by atoms with Crippen LogP contribution in [0, 0.1) is 5.82 Å². The molecule has 0 fully saturated rings. The summed E-state index contributed by atoms with van der Waals surface area (Å²) in [4.78, 5) is 10.5. The lowest BCUT2D eigenvalue weighted by Gasteiger charge is -2.11. The zero-order chi connectivity index (χ0) is 17.2. The molecule has 2 rings (SSSR count). The number of hydrogen-bond acceptors (Lipinski definition) is 4. The maximum atomic E-state index is 13.8. The van der Waals surface area contributed by atoms with Gasteiger partial charge in [-0.15, -0.1) is 0 Å². The first-order valence-corrected chi connectivity index (χ1v) is 8.13. The van der Waals surface area contributed by atoms with E-state index in [9.17, 15) is 22.7 Å². The van der Waals surface area contributed by atoms with Gasteiger partial charge < -0.3 is 10.4 Å². The number of sulfonamides is 1. The highest BCUT2D eigenvalue weighted by atomic mass is 35.5. The van der Waals surface area contributed by atoms with Crippen molar-refractivity contribution in [1.82, 2.24) is 0 Å². The van der Waals surface area contributed by atoms with Gasteiger partial charge >= 0.3 is 0 Å². The molecule has 0 unspecified atom stereocenters. The van der Waals surface area contributed by atoms with Crippen molar-refractivity contribution >= 4 is 38.9 Å². The highest BCUT2D eigenvalue weighted by Gasteiger charge is 2.20. The zero-order valence-corrected chi connectivity index (χ0v) is 13.4. The van der Waals surface area contributed by atoms with Crippen molar-refractivity contribution < 1.29 is 22.7 Å². The molecule has 0 bridgehead atoms. The molecule has 0 aliphatic rings. The van der Waals surface area contributed by atoms with Crippen LogP contribution in [0.1, 0.15) is 6.92 Å². The smallest absolute Gasteiger partial charge is 0.264 e. The van der Waals surface area contributed by atoms with Crippen LogP contribution in [0.3, 0.4) is 0 Å². The largest absolute Gasteiger partial charge is 0.506 e. The van der Waals surface area contributed by atoms with Crippen molar-refractivity contribution in [3.8, 4) is 5.75 Å². The number of anilines is 2. The Balaban J connectivity index is 2.35. The van der Waals surface area contributed by atoms with Crippen LogP contribution < -0.4 is 10.0 Å². The van der Waals surface area contributed by atoms with Crippen LogP contribution in [0.4, 0.5) is 15.8 Å². The van der Waals surface area contributed by atoms with Crippen LogP contribution in [0.5, 0.6) is 5.75 Å². The lowest BCUT2D eigenvalue weighted by Crippen LogP contribution is -2.15. The minimum Gasteiger partial charge on any atom is -0.506 e. The Labute approximate surface area is 137 Å². The second-order valence-electron chi connectivity index (χ2n) is 4.59. The van der Waals surface area contributed by atoms with E-state index in [1.165, 1.54) is 31.2 Å². The standard InChI is InChI=1S/C14H12ClFN2O4S/c1-8(19)17-12-7-10(3-4-13(12)20)18-23(21,22)14-5-2-9(15)6-11(14)16/h2-7,18,20H,1H3,(H,17,19). The summed E-state index contributed by atoms with van der Waals surface area (Å²) in [7, 11) is -4.20. The van der Waals surface area contributed by atoms with Gasteiger partial charge in [0.1, 0.15) is 16.5 Å². The lowest BCUT2D eigenvalue weighted by molar-refractivity contribution is -0.114. The first-order chi connectivity index (χ1) is 10.7. The van der Waals surface area contributed by atoms with Gasteiger partial charge in [0, 0.05) is 11.9 Å². The van der Waals surface area contributed by atoms with E-state index in [2.05, 4.69) is 10.0 Å². The lowest BCUT2D eigenvalue weighted by atomic mass is 10.2. The van der Waals surface area contributed by atoms with E-state index < -0.39 is 26.6 Å². The number of nitrogens with one attached hydrogen (secondary N) is 2. The van der Waals surface area contributed by atoms with Crippen molar-refractivity contribution in [2.75, 3.05) is 10.0 Å². The molecule has 0 spiro atoms. The monoisotopic (exact) mass is 358 g/mol. The summed E-state index contributed by atoms with van der Waals surface area (Å²) in [6.45, 7) is 1.24. The van der Waals surface area contributed by atoms with E-state index in [1.807, 2.05) is 0 Å². The molecule has 0 atom stereocenters. The third-order valence-electron chi connectivity index (χ3n) is 2.74. The van der Waals surface area contributed by atoms with Crippen LogP contribution in [0.25, 0.3) is 0 Å². The molecule has 2 aromatic rings. The highest BCUT2D eigenvalue weighted by molar-refractivity contribution is 7.92. The summed E-state index contributed by atoms with van der Waals surface area (Å²) in [5.74, 6) is -1.67. The highest BCUT2D eigenvalue weighted by Crippen LogP contribution is 2.28. The first-order valence-electron chi connectivity index (χ1n) is 6.27. The van der Waals surface area contributed by atoms with E-state index in [1.54, 1.807) is 0 Å². The average molecular weight is 359 g/mol. The molecule has 9 heteroatoms. The SMILES string of the molecule is CC(=O)Nc1cc(NS(=O)(=O)c2ccc(Cl)cc2F)ccc1O. The number of hydrogen-bond donors (Lipinski definition) is 3. The van der Waals surface area contributed by atoms with Crippen molar-refractivity contribution in [3.05, 3.63) is 47.2 Å². The maximum absolute atomic E-state index is 13.8. The molecule has 122 valence electrons. The van der Waals surface area contributed by atoms with E-state index in [0.29, 0.717) is 0 Å². The molecule has 0 saturated heterocycles. The molecule has 0 heterocycles. The Morgan fingerprint density at radius 2 is 1.91 bits per heavy atom. The Kier molecular flexibility index (Phi) is 4.76. The number of aromatic hydroxyl groups is 1. The summed E-state index contributed by atoms with van der Waals surface area (Å²) >= 11 is 5.59. The number of halogens is 2. The van der Waals surface area contributed by atoms with Gasteiger partial charge in [0.2, 0.25) is 5.91 Å². The average Bonchev–Trinajstić information content (AvgIpc) is 2.41. The van der Waals surface area contributed by atoms with Gasteiger partial charge in [0.15, 0.2) is 0 Å². The second kappa shape index (κ2) is 6.43. The van der Waals surface area contributed by atoms with E-state index in [-0.39, 0.29) is 22.1 Å². The maximum Gasteiger partial charge on any atom is 0.264 e. The molecule has 0 saturated carbocycles. The van der Waals surface area contributed by atoms with Gasteiger partial charge in [-0.05, 0) is 36.4 Å². The third kappa shape index (κ3) is 4.11. The molecule has 1 amide bonds. The van der Waals surface area contributed by atoms with Crippen LogP contribution in [0.2, 0.25) is 5.02 Å². The molecular formula is C14H12ClFN2O4S. The van der Waals surface area contributed by atoms with Crippen molar-refractivity contribution in [2.45, 2.75) is 11.8 Å². The van der Waals surface area contributed by atoms with E-state index in [0.717, 1.165) is 12.1 Å². The molecular weight excluding hydrogens is 347 g/mol. The van der Waals surface area contributed by atoms with Crippen LogP contribution in [0.15, 0.2) is 41.3 Å². The quantitative estimate of drug-likeness (QED) is 0.578. The Morgan fingerprint density at radius 1 is 1.22 bits per heavy atom. The minimum atomic E-state index is -4.20. The number of rotatable bonds is 4. The number of carbonyl (C=O) groups is 1. The fraction of sp³-hybridized carbons (Fsp3) is 0.0714. The second-order valence-corrected chi connectivity index (χ2v) is 6.68. The molecule has 6 nitrogen and oxygen atoms in total. The number of phenolic OH excluding ortho intramolecular Hbond substituents is 1. The van der Waals surface area contributed by atoms with Crippen molar-refractivity contribution in [1.29, 1.82) is 0 Å². The van der Waals surface area contributed by atoms with Crippen LogP contribution in [-0.4, -0.2) is 19.4 Å². The zero-order valence-electron chi connectivity index (χ0n) is 11.8. The molecule has 23 heavy (non-hydrogen) atoms. The van der Waals surface area contributed by atoms with Gasteiger partial charge in [-0.1, -0.05) is 11.6 Å². The summed E-state index contributed by atoms with van der Waals surface area (Å²) in [6.07, 6.45) is 0.